The van der Waals surface area contributed by atoms with E-state index in [1.54, 1.807) is 0 Å². The molecule has 1 amide bonds. The molecule has 2 saturated heterocycles. The molecule has 1 saturated carbocycles. The van der Waals surface area contributed by atoms with Gasteiger partial charge >= 0.3 is 0 Å². The molecule has 4 heterocycles. The van der Waals surface area contributed by atoms with Crippen molar-refractivity contribution in [1.29, 1.82) is 0 Å². The number of hydrogen-bond donors (Lipinski definition) is 1. The van der Waals surface area contributed by atoms with Crippen LogP contribution in [-0.2, 0) is 21.6 Å². The van der Waals surface area contributed by atoms with Gasteiger partial charge in [-0.2, -0.15) is 0 Å². The second-order valence-electron chi connectivity index (χ2n) is 11.4. The zero-order valence-electron chi connectivity index (χ0n) is 21.0. The summed E-state index contributed by atoms with van der Waals surface area (Å²) in [5.74, 6) is 1.43. The molecule has 1 spiro atoms. The minimum atomic E-state index is -0.307. The van der Waals surface area contributed by atoms with Crippen LogP contribution in [0.4, 0.5) is 0 Å². The lowest BCUT2D eigenvalue weighted by atomic mass is 9.69. The second kappa shape index (κ2) is 9.67. The molecule has 3 fully saturated rings. The molecule has 2 aromatic rings. The van der Waals surface area contributed by atoms with E-state index in [1.807, 2.05) is 6.92 Å². The first-order chi connectivity index (χ1) is 17.2. The summed E-state index contributed by atoms with van der Waals surface area (Å²) < 4.78 is 6.10. The molecule has 1 aromatic heterocycles. The first-order valence-electron chi connectivity index (χ1n) is 13.8. The van der Waals surface area contributed by atoms with E-state index in [1.165, 1.54) is 43.2 Å². The van der Waals surface area contributed by atoms with E-state index < -0.39 is 0 Å². The molecular weight excluding hydrogens is 434 g/mol. The molecule has 6 rings (SSSR count). The summed E-state index contributed by atoms with van der Waals surface area (Å²) in [4.78, 5) is 21.6. The summed E-state index contributed by atoms with van der Waals surface area (Å²) in [6.45, 7) is 5.56. The number of piperidine rings is 1. The summed E-state index contributed by atoms with van der Waals surface area (Å²) in [6, 6.07) is 15.6. The second-order valence-corrected chi connectivity index (χ2v) is 11.4. The van der Waals surface area contributed by atoms with E-state index in [0.29, 0.717) is 37.0 Å². The number of hydrogen-bond acceptors (Lipinski definition) is 4. The van der Waals surface area contributed by atoms with Crippen LogP contribution in [0.3, 0.4) is 0 Å². The first-order valence-corrected chi connectivity index (χ1v) is 13.8. The van der Waals surface area contributed by atoms with Crippen LogP contribution in [0.2, 0.25) is 0 Å². The highest BCUT2D eigenvalue weighted by Crippen LogP contribution is 2.44. The van der Waals surface area contributed by atoms with Crippen molar-refractivity contribution in [3.63, 3.8) is 0 Å². The lowest BCUT2D eigenvalue weighted by molar-refractivity contribution is -0.144. The Balaban J connectivity index is 1.30. The molecule has 5 heteroatoms. The highest BCUT2D eigenvalue weighted by atomic mass is 16.5. The number of carbonyl (C=O) groups excluding carboxylic acids is 1. The van der Waals surface area contributed by atoms with Gasteiger partial charge in [0.15, 0.2) is 0 Å². The molecule has 1 unspecified atom stereocenters. The van der Waals surface area contributed by atoms with Crippen LogP contribution in [-0.4, -0.2) is 48.1 Å². The highest BCUT2D eigenvalue weighted by Gasteiger charge is 2.53. The molecule has 0 radical (unpaired) electrons. The highest BCUT2D eigenvalue weighted by molar-refractivity contribution is 5.82. The normalized spacial score (nSPS) is 31.5. The third-order valence-electron chi connectivity index (χ3n) is 9.40. The maximum atomic E-state index is 14.5. The van der Waals surface area contributed by atoms with E-state index in [0.717, 1.165) is 43.9 Å². The number of aryl methyl sites for hydroxylation is 1. The molecule has 1 aromatic carbocycles. The van der Waals surface area contributed by atoms with Crippen LogP contribution in [0.15, 0.2) is 42.5 Å². The fourth-order valence-corrected chi connectivity index (χ4v) is 7.56. The summed E-state index contributed by atoms with van der Waals surface area (Å²) in [5, 5.41) is 3.58. The van der Waals surface area contributed by atoms with E-state index in [9.17, 15) is 4.79 Å². The average molecular weight is 474 g/mol. The van der Waals surface area contributed by atoms with Crippen molar-refractivity contribution in [2.75, 3.05) is 26.2 Å². The molecule has 0 bridgehead atoms. The summed E-state index contributed by atoms with van der Waals surface area (Å²) in [6.07, 6.45) is 8.63. The first kappa shape index (κ1) is 23.2. The predicted octanol–water partition coefficient (Wildman–Crippen LogP) is 4.73. The third kappa shape index (κ3) is 4.21. The summed E-state index contributed by atoms with van der Waals surface area (Å²) >= 11 is 0. The quantitative estimate of drug-likeness (QED) is 0.700. The molecular formula is C30H39N3O2. The van der Waals surface area contributed by atoms with Gasteiger partial charge in [-0.15, -0.1) is 0 Å². The van der Waals surface area contributed by atoms with Gasteiger partial charge in [0.1, 0.15) is 0 Å². The molecule has 35 heavy (non-hydrogen) atoms. The average Bonchev–Trinajstić information content (AvgIpc) is 3.32. The number of pyridine rings is 1. The van der Waals surface area contributed by atoms with Crippen LogP contribution in [0.25, 0.3) is 0 Å². The Bertz CT molecular complexity index is 1050. The lowest BCUT2D eigenvalue weighted by Gasteiger charge is -2.47. The van der Waals surface area contributed by atoms with Gasteiger partial charge in [0.25, 0.3) is 0 Å². The zero-order chi connectivity index (χ0) is 23.8. The van der Waals surface area contributed by atoms with Gasteiger partial charge in [-0.1, -0.05) is 55.7 Å². The largest absolute Gasteiger partial charge is 0.374 e. The van der Waals surface area contributed by atoms with Crippen LogP contribution < -0.4 is 5.32 Å². The molecule has 5 nitrogen and oxygen atoms in total. The van der Waals surface area contributed by atoms with Gasteiger partial charge in [-0.3, -0.25) is 9.78 Å². The minimum absolute atomic E-state index is 0.0922. The van der Waals surface area contributed by atoms with E-state index >= 15 is 0 Å². The number of aromatic nitrogens is 1. The Hall–Kier alpha value is -2.24. The van der Waals surface area contributed by atoms with E-state index in [4.69, 9.17) is 9.72 Å². The Morgan fingerprint density at radius 3 is 2.74 bits per heavy atom. The fourth-order valence-electron chi connectivity index (χ4n) is 7.56. The smallest absolute Gasteiger partial charge is 0.228 e. The van der Waals surface area contributed by atoms with Crippen LogP contribution in [0, 0.1) is 18.8 Å². The summed E-state index contributed by atoms with van der Waals surface area (Å²) in [5.41, 5.74) is 4.39. The van der Waals surface area contributed by atoms with Crippen LogP contribution >= 0.6 is 0 Å². The number of likely N-dealkylation sites (tertiary alicyclic amines) is 1. The number of ether oxygens (including phenoxy) is 1. The third-order valence-corrected chi connectivity index (χ3v) is 9.40. The Kier molecular flexibility index (Phi) is 6.40. The topological polar surface area (TPSA) is 54.5 Å². The number of fused-ring (bicyclic) bond motifs is 2. The maximum Gasteiger partial charge on any atom is 0.228 e. The number of amides is 1. The summed E-state index contributed by atoms with van der Waals surface area (Å²) in [7, 11) is 0. The molecule has 1 aliphatic carbocycles. The van der Waals surface area contributed by atoms with Gasteiger partial charge in [0, 0.05) is 36.8 Å². The van der Waals surface area contributed by atoms with Crippen molar-refractivity contribution in [2.45, 2.75) is 75.9 Å². The SMILES string of the molecule is Cc1ccc2c(n1)COC[C@]21CNCC1C(=O)N1CC[C@@H](c2ccccc2)C[C@H]1C1CCCCC1. The minimum Gasteiger partial charge on any atom is -0.374 e. The van der Waals surface area contributed by atoms with Crippen molar-refractivity contribution in [2.24, 2.45) is 11.8 Å². The van der Waals surface area contributed by atoms with Crippen molar-refractivity contribution in [1.82, 2.24) is 15.2 Å². The Morgan fingerprint density at radius 1 is 1.09 bits per heavy atom. The van der Waals surface area contributed by atoms with Gasteiger partial charge in [-0.05, 0) is 61.6 Å². The number of rotatable bonds is 3. The number of carbonyl (C=O) groups is 1. The number of nitrogens with zero attached hydrogens (tertiary/aromatic N) is 2. The van der Waals surface area contributed by atoms with Gasteiger partial charge in [0.05, 0.1) is 24.8 Å². The maximum absolute atomic E-state index is 14.5. The molecule has 1 N–H and O–H groups in total. The van der Waals surface area contributed by atoms with Gasteiger partial charge < -0.3 is 15.0 Å². The lowest BCUT2D eigenvalue weighted by Crippen LogP contribution is -2.56. The number of nitrogens with one attached hydrogen (secondary N) is 1. The van der Waals surface area contributed by atoms with Crippen molar-refractivity contribution < 1.29 is 9.53 Å². The van der Waals surface area contributed by atoms with Crippen molar-refractivity contribution in [3.8, 4) is 0 Å². The van der Waals surface area contributed by atoms with Crippen LogP contribution in [0.5, 0.6) is 0 Å². The van der Waals surface area contributed by atoms with Crippen LogP contribution in [0.1, 0.15) is 73.4 Å². The van der Waals surface area contributed by atoms with Crippen molar-refractivity contribution in [3.05, 3.63) is 65.0 Å². The zero-order valence-corrected chi connectivity index (χ0v) is 21.0. The number of benzene rings is 1. The fraction of sp³-hybridized carbons (Fsp3) is 0.600. The Labute approximate surface area is 209 Å². The monoisotopic (exact) mass is 473 g/mol. The predicted molar refractivity (Wildman–Crippen MR) is 137 cm³/mol. The standard InChI is InChI=1S/C30H39N3O2/c1-21-12-13-25-27(32-21)18-35-20-30(25)19-31-17-26(30)29(34)33-15-14-24(22-8-4-2-5-9-22)16-28(33)23-10-6-3-7-11-23/h2,4-5,8-9,12-13,23-24,26,28,31H,3,6-7,10-11,14-20H2,1H3/t24-,26?,28+,30-/m1/s1. The molecule has 4 aliphatic rings. The molecule has 186 valence electrons. The Morgan fingerprint density at radius 2 is 1.91 bits per heavy atom. The molecule has 3 aliphatic heterocycles. The van der Waals surface area contributed by atoms with E-state index in [-0.39, 0.29) is 11.3 Å². The van der Waals surface area contributed by atoms with Gasteiger partial charge in [0.2, 0.25) is 5.91 Å². The van der Waals surface area contributed by atoms with Gasteiger partial charge in [-0.25, -0.2) is 0 Å². The van der Waals surface area contributed by atoms with Crippen molar-refractivity contribution >= 4 is 5.91 Å². The van der Waals surface area contributed by atoms with E-state index in [2.05, 4.69) is 52.7 Å². The molecule has 4 atom stereocenters.